The van der Waals surface area contributed by atoms with Crippen molar-refractivity contribution in [1.29, 1.82) is 0 Å². The fourth-order valence-corrected chi connectivity index (χ4v) is 1.38. The number of halogens is 3. The summed E-state index contributed by atoms with van der Waals surface area (Å²) in [5, 5.41) is 0. The van der Waals surface area contributed by atoms with Gasteiger partial charge in [-0.1, -0.05) is 0 Å². The van der Waals surface area contributed by atoms with Gasteiger partial charge < -0.3 is 16.4 Å². The van der Waals surface area contributed by atoms with E-state index in [1.165, 1.54) is 24.2 Å². The summed E-state index contributed by atoms with van der Waals surface area (Å²) in [6, 6.07) is 1.24. The third-order valence-corrected chi connectivity index (χ3v) is 2.31. The number of nitrogen functional groups attached to an aromatic ring is 1. The zero-order valence-corrected chi connectivity index (χ0v) is 9.66. The molecule has 18 heavy (non-hydrogen) atoms. The van der Waals surface area contributed by atoms with E-state index in [9.17, 15) is 18.0 Å². The molecule has 0 aliphatic carbocycles. The summed E-state index contributed by atoms with van der Waals surface area (Å²) in [6.45, 7) is -0.296. The predicted octanol–water partition coefficient (Wildman–Crippen LogP) is 1.15. The van der Waals surface area contributed by atoms with Gasteiger partial charge in [0, 0.05) is 13.6 Å². The number of alkyl halides is 3. The monoisotopic (exact) mass is 262 g/mol. The number of hydrogen-bond acceptors (Lipinski definition) is 4. The van der Waals surface area contributed by atoms with Gasteiger partial charge in [0.25, 0.3) is 5.91 Å². The van der Waals surface area contributed by atoms with Crippen LogP contribution in [0.25, 0.3) is 0 Å². The smallest absolute Gasteiger partial charge is 0.384 e. The molecule has 1 aromatic heterocycles. The van der Waals surface area contributed by atoms with Gasteiger partial charge in [-0.2, -0.15) is 13.2 Å². The summed E-state index contributed by atoms with van der Waals surface area (Å²) in [5.74, 6) is -0.685. The molecule has 0 aliphatic rings. The molecular formula is C10H13F3N4O. The van der Waals surface area contributed by atoms with Crippen LogP contribution in [0.2, 0.25) is 0 Å². The van der Waals surface area contributed by atoms with Crippen LogP contribution in [0.1, 0.15) is 16.8 Å². The minimum absolute atomic E-state index is 0.0483. The number of nitrogens with two attached hydrogens (primary N) is 2. The molecule has 0 aromatic carbocycles. The highest BCUT2D eigenvalue weighted by Gasteiger charge is 2.27. The second-order valence-corrected chi connectivity index (χ2v) is 3.78. The van der Waals surface area contributed by atoms with Crippen molar-refractivity contribution in [3.05, 3.63) is 17.8 Å². The van der Waals surface area contributed by atoms with Crippen LogP contribution in [-0.2, 0) is 0 Å². The van der Waals surface area contributed by atoms with E-state index >= 15 is 0 Å². The van der Waals surface area contributed by atoms with Gasteiger partial charge in [-0.25, -0.2) is 4.98 Å². The average Bonchev–Trinajstić information content (AvgIpc) is 2.24. The maximum absolute atomic E-state index is 12.1. The fourth-order valence-electron chi connectivity index (χ4n) is 1.38. The van der Waals surface area contributed by atoms with Crippen LogP contribution < -0.4 is 16.4 Å². The molecular weight excluding hydrogens is 249 g/mol. The lowest BCUT2D eigenvalue weighted by Gasteiger charge is -2.21. The summed E-state index contributed by atoms with van der Waals surface area (Å²) in [6.07, 6.45) is -4.03. The van der Waals surface area contributed by atoms with E-state index in [2.05, 4.69) is 4.98 Å². The molecule has 1 amide bonds. The summed E-state index contributed by atoms with van der Waals surface area (Å²) < 4.78 is 36.3. The zero-order chi connectivity index (χ0) is 13.9. The molecule has 0 aliphatic heterocycles. The molecule has 0 spiro atoms. The van der Waals surface area contributed by atoms with Crippen molar-refractivity contribution in [1.82, 2.24) is 4.98 Å². The Bertz CT molecular complexity index is 447. The standard InChI is InChI=1S/C10H13F3N4O/c1-17(3-2-10(11,12)13)7-5-16-8(14)4-6(7)9(15)18/h4-5H,2-3H2,1H3,(H2,14,16)(H2,15,18). The summed E-state index contributed by atoms with van der Waals surface area (Å²) >= 11 is 0. The third kappa shape index (κ3) is 3.79. The normalized spacial score (nSPS) is 11.3. The van der Waals surface area contributed by atoms with E-state index in [0.717, 1.165) is 0 Å². The predicted molar refractivity (Wildman–Crippen MR) is 61.1 cm³/mol. The molecule has 1 rings (SSSR count). The molecule has 0 saturated heterocycles. The topological polar surface area (TPSA) is 85.2 Å². The number of hydrogen-bond donors (Lipinski definition) is 2. The molecule has 0 saturated carbocycles. The number of nitrogens with zero attached hydrogens (tertiary/aromatic N) is 2. The number of carbonyl (C=O) groups excluding carboxylic acids is 1. The van der Waals surface area contributed by atoms with Crippen LogP contribution in [0.3, 0.4) is 0 Å². The molecule has 5 nitrogen and oxygen atoms in total. The van der Waals surface area contributed by atoms with Crippen LogP contribution in [0.5, 0.6) is 0 Å². The van der Waals surface area contributed by atoms with E-state index in [1.807, 2.05) is 0 Å². The minimum Gasteiger partial charge on any atom is -0.384 e. The van der Waals surface area contributed by atoms with E-state index in [1.54, 1.807) is 0 Å². The van der Waals surface area contributed by atoms with E-state index in [0.29, 0.717) is 0 Å². The Balaban J connectivity index is 2.91. The third-order valence-electron chi connectivity index (χ3n) is 2.31. The number of carbonyl (C=O) groups is 1. The molecule has 1 heterocycles. The number of amides is 1. The van der Waals surface area contributed by atoms with Crippen LogP contribution in [0, 0.1) is 0 Å². The maximum Gasteiger partial charge on any atom is 0.390 e. The first kappa shape index (κ1) is 14.1. The fraction of sp³-hybridized carbons (Fsp3) is 0.400. The lowest BCUT2D eigenvalue weighted by atomic mass is 10.2. The lowest BCUT2D eigenvalue weighted by Crippen LogP contribution is -2.27. The SMILES string of the molecule is CN(CCC(F)(F)F)c1cnc(N)cc1C(N)=O. The van der Waals surface area contributed by atoms with Crippen LogP contribution in [-0.4, -0.2) is 30.7 Å². The first-order valence-corrected chi connectivity index (χ1v) is 5.04. The number of rotatable bonds is 4. The second kappa shape index (κ2) is 5.11. The molecule has 1 aromatic rings. The Kier molecular flexibility index (Phi) is 4.00. The molecule has 0 unspecified atom stereocenters. The Morgan fingerprint density at radius 3 is 2.61 bits per heavy atom. The summed E-state index contributed by atoms with van der Waals surface area (Å²) in [5.41, 5.74) is 10.8. The van der Waals surface area contributed by atoms with Gasteiger partial charge in [-0.3, -0.25) is 4.79 Å². The second-order valence-electron chi connectivity index (χ2n) is 3.78. The van der Waals surface area contributed by atoms with Gasteiger partial charge in [0.05, 0.1) is 23.9 Å². The van der Waals surface area contributed by atoms with Crippen molar-refractivity contribution in [3.8, 4) is 0 Å². The number of pyridine rings is 1. The van der Waals surface area contributed by atoms with Gasteiger partial charge >= 0.3 is 6.18 Å². The summed E-state index contributed by atoms with van der Waals surface area (Å²) in [4.78, 5) is 16.2. The number of aromatic nitrogens is 1. The Hall–Kier alpha value is -1.99. The van der Waals surface area contributed by atoms with Crippen molar-refractivity contribution in [2.24, 2.45) is 5.73 Å². The molecule has 100 valence electrons. The first-order valence-electron chi connectivity index (χ1n) is 5.04. The minimum atomic E-state index is -4.26. The largest absolute Gasteiger partial charge is 0.390 e. The average molecular weight is 262 g/mol. The van der Waals surface area contributed by atoms with E-state index < -0.39 is 18.5 Å². The lowest BCUT2D eigenvalue weighted by molar-refractivity contribution is -0.132. The van der Waals surface area contributed by atoms with Crippen LogP contribution in [0.15, 0.2) is 12.3 Å². The molecule has 0 atom stereocenters. The highest BCUT2D eigenvalue weighted by Crippen LogP contribution is 2.24. The van der Waals surface area contributed by atoms with Crippen LogP contribution >= 0.6 is 0 Å². The van der Waals surface area contributed by atoms with Crippen molar-refractivity contribution in [2.75, 3.05) is 24.2 Å². The Morgan fingerprint density at radius 2 is 2.11 bits per heavy atom. The quantitative estimate of drug-likeness (QED) is 0.852. The maximum atomic E-state index is 12.1. The molecule has 0 fully saturated rings. The van der Waals surface area contributed by atoms with Gasteiger partial charge in [0.15, 0.2) is 0 Å². The van der Waals surface area contributed by atoms with Gasteiger partial charge in [0.2, 0.25) is 0 Å². The van der Waals surface area contributed by atoms with Crippen molar-refractivity contribution < 1.29 is 18.0 Å². The van der Waals surface area contributed by atoms with Gasteiger partial charge in [0.1, 0.15) is 5.82 Å². The Morgan fingerprint density at radius 1 is 1.50 bits per heavy atom. The van der Waals surface area contributed by atoms with Crippen molar-refractivity contribution >= 4 is 17.4 Å². The first-order chi connectivity index (χ1) is 8.20. The zero-order valence-electron chi connectivity index (χ0n) is 9.66. The number of anilines is 2. The van der Waals surface area contributed by atoms with Crippen molar-refractivity contribution in [3.63, 3.8) is 0 Å². The van der Waals surface area contributed by atoms with Gasteiger partial charge in [-0.05, 0) is 6.07 Å². The van der Waals surface area contributed by atoms with Gasteiger partial charge in [-0.15, -0.1) is 0 Å². The van der Waals surface area contributed by atoms with E-state index in [-0.39, 0.29) is 23.6 Å². The molecule has 0 bridgehead atoms. The summed E-state index contributed by atoms with van der Waals surface area (Å²) in [7, 11) is 1.42. The highest BCUT2D eigenvalue weighted by molar-refractivity contribution is 5.99. The highest BCUT2D eigenvalue weighted by atomic mass is 19.4. The van der Waals surface area contributed by atoms with Crippen LogP contribution in [0.4, 0.5) is 24.7 Å². The Labute approximate surface area is 102 Å². The molecule has 8 heteroatoms. The number of primary amides is 1. The molecule has 4 N–H and O–H groups in total. The molecule has 0 radical (unpaired) electrons. The van der Waals surface area contributed by atoms with Crippen molar-refractivity contribution in [2.45, 2.75) is 12.6 Å². The van der Waals surface area contributed by atoms with E-state index in [4.69, 9.17) is 11.5 Å².